The second-order valence-corrected chi connectivity index (χ2v) is 4.09. The Morgan fingerprint density at radius 3 is 2.58 bits per heavy atom. The number of aldehydes is 1. The Balaban J connectivity index is 2.00. The van der Waals surface area contributed by atoms with Crippen molar-refractivity contribution in [1.82, 2.24) is 0 Å². The molecule has 1 amide bonds. The first kappa shape index (κ1) is 13.0. The first-order valence-electron chi connectivity index (χ1n) is 5.77. The van der Waals surface area contributed by atoms with Crippen LogP contribution in [0.4, 0.5) is 10.1 Å². The summed E-state index contributed by atoms with van der Waals surface area (Å²) in [7, 11) is 0. The summed E-state index contributed by atoms with van der Waals surface area (Å²) in [6.07, 6.45) is 0.903. The van der Waals surface area contributed by atoms with Crippen LogP contribution in [0, 0.1) is 5.82 Å². The van der Waals surface area contributed by atoms with Crippen LogP contribution in [-0.4, -0.2) is 12.2 Å². The van der Waals surface area contributed by atoms with E-state index in [4.69, 9.17) is 0 Å². The van der Waals surface area contributed by atoms with Crippen LogP contribution in [0.3, 0.4) is 0 Å². The molecule has 0 atom stereocenters. The molecule has 0 aliphatic rings. The van der Waals surface area contributed by atoms with E-state index >= 15 is 0 Å². The SMILES string of the molecule is O=Cc1cccc(CC(=O)Nc2ccc(F)cc2)c1. The van der Waals surface area contributed by atoms with Gasteiger partial charge in [0.15, 0.2) is 0 Å². The lowest BCUT2D eigenvalue weighted by Gasteiger charge is -2.05. The molecule has 96 valence electrons. The number of halogens is 1. The highest BCUT2D eigenvalue weighted by atomic mass is 19.1. The molecule has 3 nitrogen and oxygen atoms in total. The summed E-state index contributed by atoms with van der Waals surface area (Å²) in [5.41, 5.74) is 1.83. The molecular formula is C15H12FNO2. The van der Waals surface area contributed by atoms with Gasteiger partial charge >= 0.3 is 0 Å². The Morgan fingerprint density at radius 1 is 1.16 bits per heavy atom. The molecule has 0 aliphatic carbocycles. The number of nitrogens with one attached hydrogen (secondary N) is 1. The largest absolute Gasteiger partial charge is 0.326 e. The third-order valence-corrected chi connectivity index (χ3v) is 2.58. The third kappa shape index (κ3) is 3.74. The summed E-state index contributed by atoms with van der Waals surface area (Å²) in [5, 5.41) is 2.66. The van der Waals surface area contributed by atoms with E-state index in [0.29, 0.717) is 11.3 Å². The van der Waals surface area contributed by atoms with Crippen molar-refractivity contribution in [2.45, 2.75) is 6.42 Å². The topological polar surface area (TPSA) is 46.2 Å². The smallest absolute Gasteiger partial charge is 0.228 e. The molecule has 2 aromatic carbocycles. The van der Waals surface area contributed by atoms with Crippen LogP contribution in [-0.2, 0) is 11.2 Å². The van der Waals surface area contributed by atoms with Gasteiger partial charge in [0.2, 0.25) is 5.91 Å². The van der Waals surface area contributed by atoms with Gasteiger partial charge in [-0.05, 0) is 35.9 Å². The van der Waals surface area contributed by atoms with E-state index < -0.39 is 0 Å². The first-order valence-corrected chi connectivity index (χ1v) is 5.77. The van der Waals surface area contributed by atoms with E-state index in [1.54, 1.807) is 24.3 Å². The average molecular weight is 257 g/mol. The molecule has 0 aromatic heterocycles. The summed E-state index contributed by atoms with van der Waals surface area (Å²) in [4.78, 5) is 22.4. The first-order chi connectivity index (χ1) is 9.17. The summed E-state index contributed by atoms with van der Waals surface area (Å²) in [6, 6.07) is 12.4. The van der Waals surface area contributed by atoms with Crippen LogP contribution in [0.2, 0.25) is 0 Å². The second-order valence-electron chi connectivity index (χ2n) is 4.09. The second kappa shape index (κ2) is 5.91. The molecule has 0 bridgehead atoms. The minimum atomic E-state index is -0.350. The molecule has 0 aliphatic heterocycles. The highest BCUT2D eigenvalue weighted by molar-refractivity contribution is 5.92. The Kier molecular flexibility index (Phi) is 4.03. The summed E-state index contributed by atoms with van der Waals surface area (Å²) in [6.45, 7) is 0. The summed E-state index contributed by atoms with van der Waals surface area (Å²) in [5.74, 6) is -0.564. The normalized spacial score (nSPS) is 9.95. The van der Waals surface area contributed by atoms with E-state index in [2.05, 4.69) is 5.32 Å². The monoisotopic (exact) mass is 257 g/mol. The maximum Gasteiger partial charge on any atom is 0.228 e. The predicted molar refractivity (Wildman–Crippen MR) is 70.6 cm³/mol. The van der Waals surface area contributed by atoms with Gasteiger partial charge in [0.05, 0.1) is 6.42 Å². The number of carbonyl (C=O) groups excluding carboxylic acids is 2. The van der Waals surface area contributed by atoms with Gasteiger partial charge in [-0.25, -0.2) is 4.39 Å². The van der Waals surface area contributed by atoms with Crippen molar-refractivity contribution in [3.8, 4) is 0 Å². The number of hydrogen-bond acceptors (Lipinski definition) is 2. The molecule has 0 fully saturated rings. The average Bonchev–Trinajstić information content (AvgIpc) is 2.41. The lowest BCUT2D eigenvalue weighted by atomic mass is 10.1. The van der Waals surface area contributed by atoms with Gasteiger partial charge < -0.3 is 5.32 Å². The molecule has 0 saturated carbocycles. The van der Waals surface area contributed by atoms with Crippen molar-refractivity contribution in [3.63, 3.8) is 0 Å². The van der Waals surface area contributed by atoms with Gasteiger partial charge in [0.25, 0.3) is 0 Å². The van der Waals surface area contributed by atoms with Gasteiger partial charge in [-0.3, -0.25) is 9.59 Å². The molecular weight excluding hydrogens is 245 g/mol. The lowest BCUT2D eigenvalue weighted by Crippen LogP contribution is -2.14. The number of amides is 1. The van der Waals surface area contributed by atoms with Crippen LogP contribution in [0.1, 0.15) is 15.9 Å². The molecule has 19 heavy (non-hydrogen) atoms. The van der Waals surface area contributed by atoms with E-state index in [-0.39, 0.29) is 18.1 Å². The van der Waals surface area contributed by atoms with Crippen LogP contribution in [0.25, 0.3) is 0 Å². The van der Waals surface area contributed by atoms with Crippen LogP contribution < -0.4 is 5.32 Å². The zero-order valence-corrected chi connectivity index (χ0v) is 10.1. The molecule has 4 heteroatoms. The van der Waals surface area contributed by atoms with Gasteiger partial charge in [0.1, 0.15) is 12.1 Å². The molecule has 0 spiro atoms. The van der Waals surface area contributed by atoms with Crippen molar-refractivity contribution in [1.29, 1.82) is 0 Å². The van der Waals surface area contributed by atoms with Gasteiger partial charge in [-0.1, -0.05) is 18.2 Å². The molecule has 2 aromatic rings. The standard InChI is InChI=1S/C15H12FNO2/c16-13-4-6-14(7-5-13)17-15(19)9-11-2-1-3-12(8-11)10-18/h1-8,10H,9H2,(H,17,19). The number of rotatable bonds is 4. The van der Waals surface area contributed by atoms with E-state index in [9.17, 15) is 14.0 Å². The highest BCUT2D eigenvalue weighted by Crippen LogP contribution is 2.10. The lowest BCUT2D eigenvalue weighted by molar-refractivity contribution is -0.115. The van der Waals surface area contributed by atoms with Crippen molar-refractivity contribution < 1.29 is 14.0 Å². The third-order valence-electron chi connectivity index (χ3n) is 2.58. The van der Waals surface area contributed by atoms with Gasteiger partial charge in [-0.2, -0.15) is 0 Å². The predicted octanol–water partition coefficient (Wildman–Crippen LogP) is 2.82. The Hall–Kier alpha value is -2.49. The number of benzene rings is 2. The molecule has 1 N–H and O–H groups in total. The fraction of sp³-hybridized carbons (Fsp3) is 0.0667. The maximum atomic E-state index is 12.7. The van der Waals surface area contributed by atoms with Crippen molar-refractivity contribution >= 4 is 17.9 Å². The minimum absolute atomic E-state index is 0.166. The molecule has 0 heterocycles. The molecule has 0 saturated heterocycles. The Labute approximate surface area is 110 Å². The quantitative estimate of drug-likeness (QED) is 0.856. The van der Waals surface area contributed by atoms with E-state index in [1.807, 2.05) is 0 Å². The number of anilines is 1. The molecule has 0 radical (unpaired) electrons. The van der Waals surface area contributed by atoms with Gasteiger partial charge in [-0.15, -0.1) is 0 Å². The van der Waals surface area contributed by atoms with Crippen LogP contribution >= 0.6 is 0 Å². The van der Waals surface area contributed by atoms with Crippen molar-refractivity contribution in [2.75, 3.05) is 5.32 Å². The van der Waals surface area contributed by atoms with Crippen LogP contribution in [0.5, 0.6) is 0 Å². The zero-order chi connectivity index (χ0) is 13.7. The summed E-state index contributed by atoms with van der Waals surface area (Å²) >= 11 is 0. The fourth-order valence-corrected chi connectivity index (χ4v) is 1.70. The van der Waals surface area contributed by atoms with E-state index in [0.717, 1.165) is 11.8 Å². The minimum Gasteiger partial charge on any atom is -0.326 e. The zero-order valence-electron chi connectivity index (χ0n) is 10.1. The Morgan fingerprint density at radius 2 is 1.89 bits per heavy atom. The van der Waals surface area contributed by atoms with Crippen molar-refractivity contribution in [3.05, 3.63) is 65.5 Å². The fourth-order valence-electron chi connectivity index (χ4n) is 1.70. The van der Waals surface area contributed by atoms with Crippen LogP contribution in [0.15, 0.2) is 48.5 Å². The van der Waals surface area contributed by atoms with Crippen molar-refractivity contribution in [2.24, 2.45) is 0 Å². The maximum absolute atomic E-state index is 12.7. The number of hydrogen-bond donors (Lipinski definition) is 1. The Bertz CT molecular complexity index is 593. The van der Waals surface area contributed by atoms with E-state index in [1.165, 1.54) is 24.3 Å². The highest BCUT2D eigenvalue weighted by Gasteiger charge is 2.05. The van der Waals surface area contributed by atoms with Gasteiger partial charge in [0, 0.05) is 11.3 Å². The molecule has 0 unspecified atom stereocenters. The number of carbonyl (C=O) groups is 2. The summed E-state index contributed by atoms with van der Waals surface area (Å²) < 4.78 is 12.7. The molecule has 2 rings (SSSR count).